The first kappa shape index (κ1) is 18.8. The Hall–Kier alpha value is -1.99. The summed E-state index contributed by atoms with van der Waals surface area (Å²) in [6.45, 7) is 7.15. The predicted molar refractivity (Wildman–Crippen MR) is 88.7 cm³/mol. The number of pyridine rings is 1. The average molecular weight is 372 g/mol. The summed E-state index contributed by atoms with van der Waals surface area (Å²) in [5, 5.41) is 0. The van der Waals surface area contributed by atoms with E-state index in [1.54, 1.807) is 4.90 Å². The minimum absolute atomic E-state index is 0.0804. The van der Waals surface area contributed by atoms with Crippen molar-refractivity contribution in [2.75, 3.05) is 13.1 Å². The van der Waals surface area contributed by atoms with Gasteiger partial charge in [-0.25, -0.2) is 4.79 Å². The Labute approximate surface area is 149 Å². The van der Waals surface area contributed by atoms with Crippen molar-refractivity contribution >= 4 is 6.09 Å². The average Bonchev–Trinajstić information content (AvgIpc) is 2.38. The molecule has 1 amide bonds. The molecule has 1 aromatic rings. The molecule has 2 heterocycles. The van der Waals surface area contributed by atoms with Crippen molar-refractivity contribution in [2.45, 2.75) is 51.9 Å². The van der Waals surface area contributed by atoms with Crippen LogP contribution in [0, 0.1) is 11.3 Å². The number of ether oxygens (including phenoxy) is 1. The van der Waals surface area contributed by atoms with Gasteiger partial charge in [0.1, 0.15) is 5.60 Å². The molecule has 1 aliphatic carbocycles. The second-order valence-electron chi connectivity index (χ2n) is 8.51. The maximum atomic E-state index is 12.6. The second-order valence-corrected chi connectivity index (χ2v) is 8.51. The topological polar surface area (TPSA) is 51.5 Å². The molecule has 2 aliphatic rings. The van der Waals surface area contributed by atoms with Crippen LogP contribution in [0.5, 0.6) is 0 Å². The van der Waals surface area contributed by atoms with E-state index in [4.69, 9.17) is 4.74 Å². The Morgan fingerprint density at radius 1 is 1.27 bits per heavy atom. The Balaban J connectivity index is 1.50. The fourth-order valence-corrected chi connectivity index (χ4v) is 3.88. The number of halogens is 3. The van der Waals surface area contributed by atoms with Gasteiger partial charge in [-0.3, -0.25) is 4.79 Å². The maximum Gasteiger partial charge on any atom is 0.416 e. The maximum absolute atomic E-state index is 12.6. The summed E-state index contributed by atoms with van der Waals surface area (Å²) in [6.07, 6.45) is -1.88. The molecule has 26 heavy (non-hydrogen) atoms. The fourth-order valence-electron chi connectivity index (χ4n) is 3.88. The first-order valence-corrected chi connectivity index (χ1v) is 8.63. The molecule has 1 aliphatic heterocycles. The lowest BCUT2D eigenvalue weighted by Crippen LogP contribution is -2.64. The first-order valence-electron chi connectivity index (χ1n) is 8.63. The van der Waals surface area contributed by atoms with E-state index in [0.717, 1.165) is 18.9 Å². The number of nitrogens with zero attached hydrogens (tertiary/aromatic N) is 2. The van der Waals surface area contributed by atoms with E-state index in [-0.39, 0.29) is 17.4 Å². The molecule has 0 bridgehead atoms. The Bertz CT molecular complexity index is 750. The van der Waals surface area contributed by atoms with Crippen LogP contribution in [0.2, 0.25) is 0 Å². The minimum Gasteiger partial charge on any atom is -0.444 e. The van der Waals surface area contributed by atoms with E-state index in [9.17, 15) is 22.8 Å². The van der Waals surface area contributed by atoms with Crippen LogP contribution in [-0.2, 0) is 17.5 Å². The van der Waals surface area contributed by atoms with Crippen LogP contribution in [0.15, 0.2) is 23.1 Å². The Morgan fingerprint density at radius 3 is 2.38 bits per heavy atom. The molecule has 0 unspecified atom stereocenters. The van der Waals surface area contributed by atoms with Gasteiger partial charge in [0.25, 0.3) is 5.56 Å². The summed E-state index contributed by atoms with van der Waals surface area (Å²) >= 11 is 0. The molecule has 0 atom stereocenters. The number of hydrogen-bond donors (Lipinski definition) is 0. The van der Waals surface area contributed by atoms with E-state index in [2.05, 4.69) is 0 Å². The smallest absolute Gasteiger partial charge is 0.416 e. The zero-order valence-corrected chi connectivity index (χ0v) is 15.1. The molecular formula is C18H23F3N2O3. The zero-order valence-electron chi connectivity index (χ0n) is 15.1. The highest BCUT2D eigenvalue weighted by Gasteiger charge is 2.54. The molecule has 5 nitrogen and oxygen atoms in total. The molecule has 2 fully saturated rings. The van der Waals surface area contributed by atoms with Crippen molar-refractivity contribution in [3.63, 3.8) is 0 Å². The van der Waals surface area contributed by atoms with Gasteiger partial charge >= 0.3 is 12.3 Å². The lowest BCUT2D eigenvalue weighted by molar-refractivity contribution is -0.137. The molecule has 0 aromatic carbocycles. The van der Waals surface area contributed by atoms with Crippen LogP contribution >= 0.6 is 0 Å². The second kappa shape index (κ2) is 6.03. The number of likely N-dealkylation sites (tertiary alicyclic amines) is 1. The quantitative estimate of drug-likeness (QED) is 0.798. The number of carbonyl (C=O) groups is 1. The van der Waals surface area contributed by atoms with Crippen molar-refractivity contribution in [1.82, 2.24) is 9.47 Å². The Morgan fingerprint density at radius 2 is 1.88 bits per heavy atom. The van der Waals surface area contributed by atoms with Gasteiger partial charge < -0.3 is 14.2 Å². The minimum atomic E-state index is -4.50. The van der Waals surface area contributed by atoms with Gasteiger partial charge in [0.15, 0.2) is 0 Å². The summed E-state index contributed by atoms with van der Waals surface area (Å²) in [7, 11) is 0. The predicted octanol–water partition coefficient (Wildman–Crippen LogP) is 3.51. The van der Waals surface area contributed by atoms with Crippen molar-refractivity contribution in [2.24, 2.45) is 11.3 Å². The van der Waals surface area contributed by atoms with Crippen molar-refractivity contribution < 1.29 is 22.7 Å². The number of alkyl halides is 3. The van der Waals surface area contributed by atoms with E-state index in [0.29, 0.717) is 25.7 Å². The Kier molecular flexibility index (Phi) is 4.36. The molecule has 1 saturated heterocycles. The standard InChI is InChI=1S/C18H23F3N2O3/c1-16(2,3)26-15(25)23-10-17(11-23)7-12(8-17)9-22-5-4-13(6-14(22)24)18(19,20)21/h4-6,12H,7-11H2,1-3H3. The number of rotatable bonds is 2. The summed E-state index contributed by atoms with van der Waals surface area (Å²) in [4.78, 5) is 25.5. The molecule has 0 N–H and O–H groups in total. The number of amides is 1. The monoisotopic (exact) mass is 372 g/mol. The zero-order chi connectivity index (χ0) is 19.3. The van der Waals surface area contributed by atoms with Gasteiger partial charge in [-0.15, -0.1) is 0 Å². The summed E-state index contributed by atoms with van der Waals surface area (Å²) in [6, 6.07) is 1.57. The largest absolute Gasteiger partial charge is 0.444 e. The summed E-state index contributed by atoms with van der Waals surface area (Å²) in [5.74, 6) is 0.241. The first-order chi connectivity index (χ1) is 11.9. The lowest BCUT2D eigenvalue weighted by Gasteiger charge is -2.58. The molecule has 1 saturated carbocycles. The van der Waals surface area contributed by atoms with Crippen LogP contribution in [0.25, 0.3) is 0 Å². The molecule has 1 spiro atoms. The number of carbonyl (C=O) groups excluding carboxylic acids is 1. The van der Waals surface area contributed by atoms with Crippen LogP contribution in [0.1, 0.15) is 39.2 Å². The molecule has 8 heteroatoms. The fraction of sp³-hybridized carbons (Fsp3) is 0.667. The van der Waals surface area contributed by atoms with Gasteiger partial charge in [0.2, 0.25) is 0 Å². The molecule has 0 radical (unpaired) electrons. The lowest BCUT2D eigenvalue weighted by atomic mass is 9.58. The van der Waals surface area contributed by atoms with Crippen LogP contribution in [-0.4, -0.2) is 34.3 Å². The van der Waals surface area contributed by atoms with Crippen molar-refractivity contribution in [3.05, 3.63) is 34.2 Å². The SMILES string of the molecule is CC(C)(C)OC(=O)N1CC2(CC(Cn3ccc(C(F)(F)F)cc3=O)C2)C1. The van der Waals surface area contributed by atoms with Crippen LogP contribution < -0.4 is 5.56 Å². The van der Waals surface area contributed by atoms with Crippen molar-refractivity contribution in [1.29, 1.82) is 0 Å². The summed E-state index contributed by atoms with van der Waals surface area (Å²) < 4.78 is 44.5. The van der Waals surface area contributed by atoms with Crippen molar-refractivity contribution in [3.8, 4) is 0 Å². The van der Waals surface area contributed by atoms with E-state index in [1.165, 1.54) is 10.8 Å². The van der Waals surface area contributed by atoms with Gasteiger partial charge in [-0.05, 0) is 45.6 Å². The van der Waals surface area contributed by atoms with E-state index in [1.807, 2.05) is 20.8 Å². The highest BCUT2D eigenvalue weighted by atomic mass is 19.4. The van der Waals surface area contributed by atoms with Gasteiger partial charge in [-0.1, -0.05) is 0 Å². The third kappa shape index (κ3) is 3.88. The van der Waals surface area contributed by atoms with Gasteiger partial charge in [0, 0.05) is 37.3 Å². The van der Waals surface area contributed by atoms with E-state index < -0.39 is 22.9 Å². The van der Waals surface area contributed by atoms with Gasteiger partial charge in [0.05, 0.1) is 5.56 Å². The summed E-state index contributed by atoms with van der Waals surface area (Å²) in [5.41, 5.74) is -2.00. The van der Waals surface area contributed by atoms with Crippen LogP contribution in [0.4, 0.5) is 18.0 Å². The highest BCUT2D eigenvalue weighted by Crippen LogP contribution is 2.52. The number of hydrogen-bond acceptors (Lipinski definition) is 3. The number of aromatic nitrogens is 1. The molecule has 144 valence electrons. The highest BCUT2D eigenvalue weighted by molar-refractivity contribution is 5.69. The third-order valence-electron chi connectivity index (χ3n) is 4.93. The third-order valence-corrected chi connectivity index (χ3v) is 4.93. The molecule has 1 aromatic heterocycles. The molecule has 3 rings (SSSR count). The van der Waals surface area contributed by atoms with Gasteiger partial charge in [-0.2, -0.15) is 13.2 Å². The molecular weight excluding hydrogens is 349 g/mol. The normalized spacial score (nSPS) is 19.8. The van der Waals surface area contributed by atoms with Crippen LogP contribution in [0.3, 0.4) is 0 Å². The van der Waals surface area contributed by atoms with E-state index >= 15 is 0 Å².